The summed E-state index contributed by atoms with van der Waals surface area (Å²) in [5, 5.41) is 0. The summed E-state index contributed by atoms with van der Waals surface area (Å²) in [5.41, 5.74) is 8.44. The van der Waals surface area contributed by atoms with Crippen molar-refractivity contribution in [2.45, 2.75) is 38.3 Å². The zero-order valence-corrected chi connectivity index (χ0v) is 15.6. The highest BCUT2D eigenvalue weighted by atomic mass is 16.2. The molecule has 0 radical (unpaired) electrons. The predicted octanol–water partition coefficient (Wildman–Crippen LogP) is 2.35. The van der Waals surface area contributed by atoms with E-state index in [1.807, 2.05) is 22.8 Å². The number of carbonyl (C=O) groups is 2. The van der Waals surface area contributed by atoms with E-state index in [0.29, 0.717) is 24.2 Å². The highest BCUT2D eigenvalue weighted by molar-refractivity contribution is 5.96. The second-order valence-corrected chi connectivity index (χ2v) is 7.24. The Kier molecular flexibility index (Phi) is 5.06. The molecule has 7 heteroatoms. The molecule has 2 N–H and O–H groups in total. The highest BCUT2D eigenvalue weighted by Gasteiger charge is 2.29. The summed E-state index contributed by atoms with van der Waals surface area (Å²) in [7, 11) is 0. The largest absolute Gasteiger partial charge is 0.370 e. The molecular formula is C21H23N5O2. The van der Waals surface area contributed by atoms with Gasteiger partial charge in [0, 0.05) is 25.2 Å². The average Bonchev–Trinajstić information content (AvgIpc) is 3.10. The SMILES string of the molecule is NC(=O)CC1CCCCN1C(=O)c1cnc2c(c1)ncn2Cc1ccccc1. The van der Waals surface area contributed by atoms with Crippen LogP contribution in [-0.4, -0.2) is 43.8 Å². The second-order valence-electron chi connectivity index (χ2n) is 7.24. The van der Waals surface area contributed by atoms with Crippen LogP contribution in [0.3, 0.4) is 0 Å². The van der Waals surface area contributed by atoms with Crippen LogP contribution in [0.4, 0.5) is 0 Å². The minimum Gasteiger partial charge on any atom is -0.370 e. The molecule has 144 valence electrons. The molecule has 1 atom stereocenters. The number of hydrogen-bond donors (Lipinski definition) is 1. The van der Waals surface area contributed by atoms with Gasteiger partial charge in [0.05, 0.1) is 18.4 Å². The third kappa shape index (κ3) is 3.74. The van der Waals surface area contributed by atoms with Crippen LogP contribution in [0, 0.1) is 0 Å². The summed E-state index contributed by atoms with van der Waals surface area (Å²) in [5.74, 6) is -0.490. The molecule has 3 heterocycles. The van der Waals surface area contributed by atoms with Gasteiger partial charge in [0.25, 0.3) is 5.91 Å². The molecule has 4 rings (SSSR count). The van der Waals surface area contributed by atoms with E-state index in [1.54, 1.807) is 23.5 Å². The van der Waals surface area contributed by atoms with Crippen LogP contribution >= 0.6 is 0 Å². The summed E-state index contributed by atoms with van der Waals surface area (Å²) < 4.78 is 1.97. The molecule has 1 unspecified atom stereocenters. The second kappa shape index (κ2) is 7.80. The van der Waals surface area contributed by atoms with Gasteiger partial charge in [-0.05, 0) is 30.9 Å². The van der Waals surface area contributed by atoms with Crippen molar-refractivity contribution in [3.05, 3.63) is 60.0 Å². The van der Waals surface area contributed by atoms with Gasteiger partial charge >= 0.3 is 0 Å². The van der Waals surface area contributed by atoms with Gasteiger partial charge in [-0.2, -0.15) is 0 Å². The first-order valence-corrected chi connectivity index (χ1v) is 9.56. The molecule has 1 aliphatic heterocycles. The molecule has 7 nitrogen and oxygen atoms in total. The van der Waals surface area contributed by atoms with E-state index >= 15 is 0 Å². The van der Waals surface area contributed by atoms with Gasteiger partial charge in [-0.3, -0.25) is 9.59 Å². The van der Waals surface area contributed by atoms with Crippen LogP contribution in [0.15, 0.2) is 48.9 Å². The van der Waals surface area contributed by atoms with E-state index in [4.69, 9.17) is 5.73 Å². The number of amides is 2. The molecule has 1 fully saturated rings. The van der Waals surface area contributed by atoms with Gasteiger partial charge < -0.3 is 15.2 Å². The van der Waals surface area contributed by atoms with Gasteiger partial charge in [0.2, 0.25) is 5.91 Å². The number of carbonyl (C=O) groups excluding carboxylic acids is 2. The predicted molar refractivity (Wildman–Crippen MR) is 106 cm³/mol. The van der Waals surface area contributed by atoms with E-state index in [0.717, 1.165) is 30.5 Å². The van der Waals surface area contributed by atoms with Crippen LogP contribution in [-0.2, 0) is 11.3 Å². The number of primary amides is 1. The van der Waals surface area contributed by atoms with Crippen LogP contribution < -0.4 is 5.73 Å². The van der Waals surface area contributed by atoms with Crippen LogP contribution in [0.5, 0.6) is 0 Å². The Morgan fingerprint density at radius 1 is 1.14 bits per heavy atom. The number of rotatable bonds is 5. The fraction of sp³-hybridized carbons (Fsp3) is 0.333. The van der Waals surface area contributed by atoms with Crippen molar-refractivity contribution < 1.29 is 9.59 Å². The van der Waals surface area contributed by atoms with Gasteiger partial charge in [0.1, 0.15) is 5.52 Å². The summed E-state index contributed by atoms with van der Waals surface area (Å²) >= 11 is 0. The number of nitrogens with zero attached hydrogens (tertiary/aromatic N) is 4. The monoisotopic (exact) mass is 377 g/mol. The molecule has 2 aromatic heterocycles. The summed E-state index contributed by atoms with van der Waals surface area (Å²) in [6, 6.07) is 11.7. The molecule has 0 spiro atoms. The number of aromatic nitrogens is 3. The van der Waals surface area contributed by atoms with Crippen LogP contribution in [0.2, 0.25) is 0 Å². The van der Waals surface area contributed by atoms with Crippen LogP contribution in [0.25, 0.3) is 11.2 Å². The van der Waals surface area contributed by atoms with Crippen molar-refractivity contribution in [2.24, 2.45) is 5.73 Å². The molecule has 0 saturated carbocycles. The van der Waals surface area contributed by atoms with Crippen LogP contribution in [0.1, 0.15) is 41.6 Å². The first-order chi connectivity index (χ1) is 13.6. The minimum absolute atomic E-state index is 0.113. The molecule has 1 saturated heterocycles. The number of imidazole rings is 1. The molecule has 28 heavy (non-hydrogen) atoms. The number of benzene rings is 1. The van der Waals surface area contributed by atoms with E-state index in [9.17, 15) is 9.59 Å². The van der Waals surface area contributed by atoms with E-state index in [-0.39, 0.29) is 24.3 Å². The normalized spacial score (nSPS) is 17.0. The number of hydrogen-bond acceptors (Lipinski definition) is 4. The lowest BCUT2D eigenvalue weighted by Crippen LogP contribution is -2.45. The third-order valence-electron chi connectivity index (χ3n) is 5.22. The first-order valence-electron chi connectivity index (χ1n) is 9.56. The van der Waals surface area contributed by atoms with Crippen molar-refractivity contribution in [1.29, 1.82) is 0 Å². The van der Waals surface area contributed by atoms with Gasteiger partial charge in [0.15, 0.2) is 5.65 Å². The number of fused-ring (bicyclic) bond motifs is 1. The van der Waals surface area contributed by atoms with Crippen molar-refractivity contribution in [2.75, 3.05) is 6.54 Å². The zero-order chi connectivity index (χ0) is 19.5. The van der Waals surface area contributed by atoms with Gasteiger partial charge in [-0.15, -0.1) is 0 Å². The molecule has 1 aromatic carbocycles. The van der Waals surface area contributed by atoms with Crippen molar-refractivity contribution in [1.82, 2.24) is 19.4 Å². The lowest BCUT2D eigenvalue weighted by molar-refractivity contribution is -0.119. The Balaban J connectivity index is 1.57. The number of piperidine rings is 1. The molecule has 1 aliphatic rings. The minimum atomic E-state index is -0.377. The number of likely N-dealkylation sites (tertiary alicyclic amines) is 1. The van der Waals surface area contributed by atoms with Crippen molar-refractivity contribution in [3.63, 3.8) is 0 Å². The van der Waals surface area contributed by atoms with E-state index < -0.39 is 0 Å². The molecule has 0 aliphatic carbocycles. The molecule has 3 aromatic rings. The Morgan fingerprint density at radius 2 is 1.96 bits per heavy atom. The maximum Gasteiger partial charge on any atom is 0.255 e. The zero-order valence-electron chi connectivity index (χ0n) is 15.6. The quantitative estimate of drug-likeness (QED) is 0.738. The first kappa shape index (κ1) is 18.2. The molecular weight excluding hydrogens is 354 g/mol. The van der Waals surface area contributed by atoms with Crippen molar-refractivity contribution in [3.8, 4) is 0 Å². The Labute approximate surface area is 163 Å². The van der Waals surface area contributed by atoms with E-state index in [2.05, 4.69) is 22.1 Å². The highest BCUT2D eigenvalue weighted by Crippen LogP contribution is 2.23. The Bertz CT molecular complexity index is 998. The standard InChI is InChI=1S/C21H23N5O2/c22-19(27)11-17-8-4-5-9-26(17)21(28)16-10-18-20(23-12-16)25(14-24-18)13-15-6-2-1-3-7-15/h1-3,6-7,10,12,14,17H,4-5,8-9,11,13H2,(H2,22,27). The summed E-state index contributed by atoms with van der Waals surface area (Å²) in [6.07, 6.45) is 6.29. The van der Waals surface area contributed by atoms with Gasteiger partial charge in [-0.25, -0.2) is 9.97 Å². The van der Waals surface area contributed by atoms with Gasteiger partial charge in [-0.1, -0.05) is 30.3 Å². The third-order valence-corrected chi connectivity index (χ3v) is 5.22. The summed E-state index contributed by atoms with van der Waals surface area (Å²) in [6.45, 7) is 1.31. The summed E-state index contributed by atoms with van der Waals surface area (Å²) in [4.78, 5) is 35.1. The topological polar surface area (TPSA) is 94.1 Å². The molecule has 0 bridgehead atoms. The Hall–Kier alpha value is -3.22. The average molecular weight is 377 g/mol. The maximum absolute atomic E-state index is 13.0. The Morgan fingerprint density at radius 3 is 2.75 bits per heavy atom. The smallest absolute Gasteiger partial charge is 0.255 e. The maximum atomic E-state index is 13.0. The van der Waals surface area contributed by atoms with Crippen molar-refractivity contribution >= 4 is 23.0 Å². The fourth-order valence-corrected chi connectivity index (χ4v) is 3.84. The number of pyridine rings is 1. The lowest BCUT2D eigenvalue weighted by atomic mass is 9.98. The fourth-order valence-electron chi connectivity index (χ4n) is 3.84. The number of nitrogens with two attached hydrogens (primary N) is 1. The molecule has 2 amide bonds. The van der Waals surface area contributed by atoms with E-state index in [1.165, 1.54) is 0 Å². The lowest BCUT2D eigenvalue weighted by Gasteiger charge is -2.35.